The third-order valence-corrected chi connectivity index (χ3v) is 5.13. The summed E-state index contributed by atoms with van der Waals surface area (Å²) in [5, 5.41) is 7.37. The van der Waals surface area contributed by atoms with Gasteiger partial charge in [0.2, 0.25) is 0 Å². The molecule has 1 atom stereocenters. The summed E-state index contributed by atoms with van der Waals surface area (Å²) in [6.45, 7) is 4.51. The molecule has 0 amide bonds. The minimum atomic E-state index is 0.648. The normalized spacial score (nSPS) is 21.1. The van der Waals surface area contributed by atoms with Gasteiger partial charge in [-0.05, 0) is 49.7 Å². The number of benzene rings is 1. The van der Waals surface area contributed by atoms with E-state index in [1.165, 1.54) is 61.8 Å². The van der Waals surface area contributed by atoms with E-state index in [1.807, 2.05) is 0 Å². The van der Waals surface area contributed by atoms with Crippen LogP contribution >= 0.6 is 0 Å². The number of anilines is 1. The third-order valence-electron chi connectivity index (χ3n) is 5.13. The molecule has 1 aliphatic carbocycles. The Hall–Kier alpha value is -1.02. The van der Waals surface area contributed by atoms with E-state index < -0.39 is 0 Å². The van der Waals surface area contributed by atoms with Crippen LogP contribution in [0.2, 0.25) is 0 Å². The van der Waals surface area contributed by atoms with Crippen molar-refractivity contribution in [2.75, 3.05) is 11.9 Å². The van der Waals surface area contributed by atoms with Crippen molar-refractivity contribution in [3.05, 3.63) is 29.3 Å². The lowest BCUT2D eigenvalue weighted by Gasteiger charge is -2.29. The number of hydrogen-bond acceptors (Lipinski definition) is 2. The molecule has 1 saturated carbocycles. The standard InChI is InChI=1S/C18H28N2/c1-14(15-7-3-2-4-8-15)20-13-17-10-5-9-16-11-6-12-19-18(16)17/h5,9-10,14-15,19-20H,2-4,6-8,11-13H2,1H3. The molecule has 0 spiro atoms. The van der Waals surface area contributed by atoms with Gasteiger partial charge in [0.05, 0.1) is 0 Å². The molecule has 110 valence electrons. The van der Waals surface area contributed by atoms with Gasteiger partial charge in [-0.25, -0.2) is 0 Å². The number of fused-ring (bicyclic) bond motifs is 1. The number of aryl methyl sites for hydroxylation is 1. The van der Waals surface area contributed by atoms with Crippen LogP contribution in [0.25, 0.3) is 0 Å². The molecule has 2 nitrogen and oxygen atoms in total. The second kappa shape index (κ2) is 6.62. The summed E-state index contributed by atoms with van der Waals surface area (Å²) >= 11 is 0. The van der Waals surface area contributed by atoms with Gasteiger partial charge in [-0.15, -0.1) is 0 Å². The van der Waals surface area contributed by atoms with E-state index in [0.29, 0.717) is 6.04 Å². The van der Waals surface area contributed by atoms with E-state index >= 15 is 0 Å². The van der Waals surface area contributed by atoms with Crippen molar-refractivity contribution in [2.24, 2.45) is 5.92 Å². The van der Waals surface area contributed by atoms with Crippen molar-refractivity contribution < 1.29 is 0 Å². The van der Waals surface area contributed by atoms with E-state index in [9.17, 15) is 0 Å². The van der Waals surface area contributed by atoms with Gasteiger partial charge in [0.25, 0.3) is 0 Å². The maximum atomic E-state index is 3.78. The number of para-hydroxylation sites is 1. The zero-order valence-corrected chi connectivity index (χ0v) is 12.8. The van der Waals surface area contributed by atoms with E-state index in [0.717, 1.165) is 19.0 Å². The highest BCUT2D eigenvalue weighted by Crippen LogP contribution is 2.28. The summed E-state index contributed by atoms with van der Waals surface area (Å²) in [4.78, 5) is 0. The van der Waals surface area contributed by atoms with E-state index in [2.05, 4.69) is 35.8 Å². The lowest BCUT2D eigenvalue weighted by Crippen LogP contribution is -2.34. The summed E-state index contributed by atoms with van der Waals surface area (Å²) in [7, 11) is 0. The fourth-order valence-electron chi connectivity index (χ4n) is 3.80. The molecule has 2 aliphatic rings. The Morgan fingerprint density at radius 2 is 2.05 bits per heavy atom. The minimum absolute atomic E-state index is 0.648. The molecular weight excluding hydrogens is 244 g/mol. The fourth-order valence-corrected chi connectivity index (χ4v) is 3.80. The van der Waals surface area contributed by atoms with Crippen LogP contribution in [0.3, 0.4) is 0 Å². The quantitative estimate of drug-likeness (QED) is 0.862. The third kappa shape index (κ3) is 3.17. The molecule has 0 aromatic heterocycles. The molecule has 0 bridgehead atoms. The van der Waals surface area contributed by atoms with Crippen LogP contribution in [0, 0.1) is 5.92 Å². The van der Waals surface area contributed by atoms with Gasteiger partial charge in [-0.2, -0.15) is 0 Å². The molecule has 1 unspecified atom stereocenters. The van der Waals surface area contributed by atoms with Crippen LogP contribution in [0.4, 0.5) is 5.69 Å². The van der Waals surface area contributed by atoms with Crippen LogP contribution in [0.15, 0.2) is 18.2 Å². The van der Waals surface area contributed by atoms with Gasteiger partial charge in [0.1, 0.15) is 0 Å². The summed E-state index contributed by atoms with van der Waals surface area (Å²) < 4.78 is 0. The van der Waals surface area contributed by atoms with Crippen molar-refractivity contribution in [3.8, 4) is 0 Å². The SMILES string of the molecule is CC(NCc1cccc2c1NCCC2)C1CCCCC1. The average molecular weight is 272 g/mol. The Morgan fingerprint density at radius 3 is 2.90 bits per heavy atom. The summed E-state index contributed by atoms with van der Waals surface area (Å²) in [6.07, 6.45) is 9.63. The summed E-state index contributed by atoms with van der Waals surface area (Å²) in [5.41, 5.74) is 4.35. The fraction of sp³-hybridized carbons (Fsp3) is 0.667. The van der Waals surface area contributed by atoms with Crippen molar-refractivity contribution >= 4 is 5.69 Å². The highest BCUT2D eigenvalue weighted by atomic mass is 14.9. The van der Waals surface area contributed by atoms with Crippen molar-refractivity contribution in [1.29, 1.82) is 0 Å². The van der Waals surface area contributed by atoms with Gasteiger partial charge >= 0.3 is 0 Å². The average Bonchev–Trinajstić information content (AvgIpc) is 2.53. The molecule has 1 aromatic carbocycles. The highest BCUT2D eigenvalue weighted by Gasteiger charge is 2.20. The van der Waals surface area contributed by atoms with Crippen LogP contribution < -0.4 is 10.6 Å². The van der Waals surface area contributed by atoms with Crippen LogP contribution in [-0.4, -0.2) is 12.6 Å². The molecule has 1 aromatic rings. The molecule has 1 aliphatic heterocycles. The molecule has 1 fully saturated rings. The predicted octanol–water partition coefficient (Wildman–Crippen LogP) is 4.10. The lowest BCUT2D eigenvalue weighted by atomic mass is 9.84. The molecule has 2 N–H and O–H groups in total. The van der Waals surface area contributed by atoms with Gasteiger partial charge in [0, 0.05) is 24.8 Å². The largest absolute Gasteiger partial charge is 0.385 e. The Morgan fingerprint density at radius 1 is 1.20 bits per heavy atom. The Labute approximate surface area is 123 Å². The molecule has 2 heteroatoms. The van der Waals surface area contributed by atoms with Crippen LogP contribution in [-0.2, 0) is 13.0 Å². The highest BCUT2D eigenvalue weighted by molar-refractivity contribution is 5.59. The zero-order valence-electron chi connectivity index (χ0n) is 12.8. The first kappa shape index (κ1) is 13.9. The monoisotopic (exact) mass is 272 g/mol. The Balaban J connectivity index is 1.60. The summed E-state index contributed by atoms with van der Waals surface area (Å²) in [6, 6.07) is 7.41. The van der Waals surface area contributed by atoms with Gasteiger partial charge < -0.3 is 10.6 Å². The maximum absolute atomic E-state index is 3.78. The number of rotatable bonds is 4. The Kier molecular flexibility index (Phi) is 4.62. The first-order valence-electron chi connectivity index (χ1n) is 8.42. The van der Waals surface area contributed by atoms with E-state index in [1.54, 1.807) is 0 Å². The van der Waals surface area contributed by atoms with Crippen molar-refractivity contribution in [3.63, 3.8) is 0 Å². The van der Waals surface area contributed by atoms with Gasteiger partial charge in [-0.3, -0.25) is 0 Å². The van der Waals surface area contributed by atoms with Crippen LogP contribution in [0.1, 0.15) is 56.6 Å². The molecular formula is C18H28N2. The first-order valence-corrected chi connectivity index (χ1v) is 8.42. The van der Waals surface area contributed by atoms with Crippen molar-refractivity contribution in [1.82, 2.24) is 5.32 Å². The topological polar surface area (TPSA) is 24.1 Å². The zero-order chi connectivity index (χ0) is 13.8. The Bertz CT molecular complexity index is 435. The summed E-state index contributed by atoms with van der Waals surface area (Å²) in [5.74, 6) is 0.885. The maximum Gasteiger partial charge on any atom is 0.0418 e. The van der Waals surface area contributed by atoms with E-state index in [-0.39, 0.29) is 0 Å². The minimum Gasteiger partial charge on any atom is -0.385 e. The molecule has 20 heavy (non-hydrogen) atoms. The second-order valence-corrected chi connectivity index (χ2v) is 6.55. The van der Waals surface area contributed by atoms with Gasteiger partial charge in [-0.1, -0.05) is 37.5 Å². The molecule has 0 radical (unpaired) electrons. The predicted molar refractivity (Wildman–Crippen MR) is 86.1 cm³/mol. The number of nitrogens with one attached hydrogen (secondary N) is 2. The second-order valence-electron chi connectivity index (χ2n) is 6.55. The van der Waals surface area contributed by atoms with Crippen molar-refractivity contribution in [2.45, 2.75) is 64.5 Å². The molecule has 1 heterocycles. The number of hydrogen-bond donors (Lipinski definition) is 2. The first-order chi connectivity index (χ1) is 9.84. The van der Waals surface area contributed by atoms with E-state index in [4.69, 9.17) is 0 Å². The van der Waals surface area contributed by atoms with Gasteiger partial charge in [0.15, 0.2) is 0 Å². The smallest absolute Gasteiger partial charge is 0.0418 e. The lowest BCUT2D eigenvalue weighted by molar-refractivity contribution is 0.280. The molecule has 0 saturated heterocycles. The van der Waals surface area contributed by atoms with Crippen LogP contribution in [0.5, 0.6) is 0 Å². The molecule has 3 rings (SSSR count).